The fraction of sp³-hybridized carbons (Fsp3) is 0.265. The zero-order valence-corrected chi connectivity index (χ0v) is 25.6. The highest BCUT2D eigenvalue weighted by atomic mass is 35.5. The Morgan fingerprint density at radius 1 is 0.913 bits per heavy atom. The van der Waals surface area contributed by atoms with E-state index in [1.807, 2.05) is 6.08 Å². The molecule has 0 bridgehead atoms. The van der Waals surface area contributed by atoms with Crippen LogP contribution in [0.5, 0.6) is 5.75 Å². The molecule has 2 N–H and O–H groups in total. The average Bonchev–Trinajstić information content (AvgIpc) is 3.39. The Morgan fingerprint density at radius 3 is 2.37 bits per heavy atom. The highest BCUT2D eigenvalue weighted by molar-refractivity contribution is 6.32. The van der Waals surface area contributed by atoms with E-state index in [1.54, 1.807) is 6.92 Å². The molecule has 2 aliphatic heterocycles. The number of imide groups is 2. The molecule has 1 saturated carbocycles. The Bertz CT molecular complexity index is 1950. The molecule has 7 rings (SSSR count). The molecule has 0 unspecified atom stereocenters. The number of halogens is 3. The molecule has 0 radical (unpaired) electrons. The number of anilines is 2. The number of aromatic hydroxyl groups is 1. The third-order valence-electron chi connectivity index (χ3n) is 10.1. The SMILES string of the molecule is C[C@@]12C(=O)N(c3ccc(F)c(Cl)c3)C(=O)[C@@H]1C[C@@H]1C(=CC[C@@H]3C(=O)N(c4cccc(C(=O)O)c4)C(=O)[C@@H]31)[C@@H]2c1cc(Cl)ccc1O. The molecule has 2 aliphatic carbocycles. The average molecular weight is 663 g/mol. The number of phenols is 1. The maximum atomic E-state index is 14.4. The summed E-state index contributed by atoms with van der Waals surface area (Å²) in [5.41, 5.74) is -0.430. The second-order valence-corrected chi connectivity index (χ2v) is 13.2. The van der Waals surface area contributed by atoms with Crippen molar-refractivity contribution in [3.8, 4) is 5.75 Å². The summed E-state index contributed by atoms with van der Waals surface area (Å²) in [6.45, 7) is 1.64. The van der Waals surface area contributed by atoms with Crippen molar-refractivity contribution in [3.63, 3.8) is 0 Å². The van der Waals surface area contributed by atoms with Crippen LogP contribution < -0.4 is 9.80 Å². The number of fused-ring (bicyclic) bond motifs is 4. The highest BCUT2D eigenvalue weighted by Crippen LogP contribution is 2.64. The van der Waals surface area contributed by atoms with Crippen molar-refractivity contribution in [1.29, 1.82) is 0 Å². The van der Waals surface area contributed by atoms with Gasteiger partial charge in [-0.05, 0) is 80.3 Å². The van der Waals surface area contributed by atoms with E-state index in [0.29, 0.717) is 5.57 Å². The molecular weight excluding hydrogens is 638 g/mol. The normalized spacial score (nSPS) is 28.6. The van der Waals surface area contributed by atoms with Crippen LogP contribution in [0, 0.1) is 34.9 Å². The fourth-order valence-corrected chi connectivity index (χ4v) is 8.37. The molecule has 46 heavy (non-hydrogen) atoms. The van der Waals surface area contributed by atoms with Gasteiger partial charge in [-0.15, -0.1) is 0 Å². The van der Waals surface area contributed by atoms with Crippen molar-refractivity contribution in [2.24, 2.45) is 29.1 Å². The summed E-state index contributed by atoms with van der Waals surface area (Å²) >= 11 is 12.4. The topological polar surface area (TPSA) is 132 Å². The molecule has 6 atom stereocenters. The third-order valence-corrected chi connectivity index (χ3v) is 10.6. The number of amides is 4. The molecule has 0 spiro atoms. The molecule has 4 aliphatic rings. The van der Waals surface area contributed by atoms with Crippen molar-refractivity contribution in [3.05, 3.63) is 99.3 Å². The van der Waals surface area contributed by atoms with Crippen LogP contribution in [-0.4, -0.2) is 39.8 Å². The number of aromatic carboxylic acids is 1. The lowest BCUT2D eigenvalue weighted by molar-refractivity contribution is -0.131. The Morgan fingerprint density at radius 2 is 1.65 bits per heavy atom. The van der Waals surface area contributed by atoms with Crippen LogP contribution in [-0.2, 0) is 19.2 Å². The largest absolute Gasteiger partial charge is 0.508 e. The number of nitrogens with zero attached hydrogens (tertiary/aromatic N) is 2. The number of rotatable bonds is 4. The lowest BCUT2D eigenvalue weighted by atomic mass is 9.51. The molecule has 9 nitrogen and oxygen atoms in total. The maximum absolute atomic E-state index is 14.4. The maximum Gasteiger partial charge on any atom is 0.335 e. The molecule has 2 saturated heterocycles. The summed E-state index contributed by atoms with van der Waals surface area (Å²) in [5, 5.41) is 20.6. The summed E-state index contributed by atoms with van der Waals surface area (Å²) in [6.07, 6.45) is 2.00. The van der Waals surface area contributed by atoms with Gasteiger partial charge in [-0.1, -0.05) is 40.9 Å². The van der Waals surface area contributed by atoms with E-state index in [-0.39, 0.29) is 51.1 Å². The van der Waals surface area contributed by atoms with Gasteiger partial charge in [-0.2, -0.15) is 0 Å². The Kier molecular flexibility index (Phi) is 6.88. The number of carboxylic acid groups (broad SMARTS) is 1. The Labute approximate surface area is 271 Å². The van der Waals surface area contributed by atoms with Gasteiger partial charge in [-0.25, -0.2) is 14.1 Å². The predicted molar refractivity (Wildman–Crippen MR) is 165 cm³/mol. The Balaban J connectivity index is 1.37. The van der Waals surface area contributed by atoms with Crippen LogP contribution in [0.1, 0.15) is 41.6 Å². The molecular formula is C34H25Cl2FN2O7. The zero-order valence-electron chi connectivity index (χ0n) is 24.1. The smallest absolute Gasteiger partial charge is 0.335 e. The fourth-order valence-electron chi connectivity index (χ4n) is 8.02. The minimum Gasteiger partial charge on any atom is -0.508 e. The van der Waals surface area contributed by atoms with Gasteiger partial charge in [0, 0.05) is 16.5 Å². The van der Waals surface area contributed by atoms with Crippen LogP contribution in [0.25, 0.3) is 0 Å². The van der Waals surface area contributed by atoms with E-state index in [9.17, 15) is 38.6 Å². The summed E-state index contributed by atoms with van der Waals surface area (Å²) in [5.74, 6) is -8.58. The van der Waals surface area contributed by atoms with Gasteiger partial charge in [0.1, 0.15) is 11.6 Å². The first kappa shape index (κ1) is 30.1. The number of benzene rings is 3. The van der Waals surface area contributed by atoms with Gasteiger partial charge in [-0.3, -0.25) is 24.1 Å². The molecule has 234 valence electrons. The number of phenolic OH excluding ortho intramolecular Hbond substituents is 1. The van der Waals surface area contributed by atoms with E-state index in [0.717, 1.165) is 15.9 Å². The number of hydrogen-bond donors (Lipinski definition) is 2. The molecule has 0 aromatic heterocycles. The van der Waals surface area contributed by atoms with Crippen molar-refractivity contribution in [2.75, 3.05) is 9.80 Å². The van der Waals surface area contributed by atoms with E-state index in [2.05, 4.69) is 0 Å². The standard InChI is InChI=1S/C34H25Cl2FN2O7/c1-34-23(30(42)39(33(34)46)18-6-9-25(37)24(36)13-18)14-21-19(28(34)22-12-16(35)5-10-26(22)40)7-8-20-27(21)31(43)38(29(20)41)17-4-2-3-15(11-17)32(44)45/h2-7,9-13,20-21,23,27-28,40H,8,14H2,1H3,(H,44,45)/t20-,21+,23-,27-,28+,34+/m0/s1. The van der Waals surface area contributed by atoms with Gasteiger partial charge >= 0.3 is 5.97 Å². The van der Waals surface area contributed by atoms with Crippen LogP contribution in [0.4, 0.5) is 15.8 Å². The molecule has 4 amide bonds. The van der Waals surface area contributed by atoms with Gasteiger partial charge in [0.25, 0.3) is 0 Å². The monoisotopic (exact) mass is 662 g/mol. The first-order valence-electron chi connectivity index (χ1n) is 14.6. The van der Waals surface area contributed by atoms with Crippen molar-refractivity contribution in [1.82, 2.24) is 0 Å². The van der Waals surface area contributed by atoms with E-state index in [1.165, 1.54) is 54.6 Å². The lowest BCUT2D eigenvalue weighted by Crippen LogP contribution is -2.48. The van der Waals surface area contributed by atoms with E-state index in [4.69, 9.17) is 23.2 Å². The third kappa shape index (κ3) is 4.16. The number of hydrogen-bond acceptors (Lipinski definition) is 6. The van der Waals surface area contributed by atoms with Gasteiger partial charge in [0.2, 0.25) is 23.6 Å². The Hall–Kier alpha value is -4.54. The summed E-state index contributed by atoms with van der Waals surface area (Å²) in [7, 11) is 0. The summed E-state index contributed by atoms with van der Waals surface area (Å²) in [6, 6.07) is 13.5. The van der Waals surface area contributed by atoms with E-state index < -0.39 is 70.4 Å². The molecule has 3 fully saturated rings. The summed E-state index contributed by atoms with van der Waals surface area (Å²) in [4.78, 5) is 70.2. The molecule has 12 heteroatoms. The number of carbonyl (C=O) groups is 5. The van der Waals surface area contributed by atoms with Gasteiger partial charge < -0.3 is 10.2 Å². The van der Waals surface area contributed by atoms with Crippen LogP contribution in [0.15, 0.2) is 72.3 Å². The second-order valence-electron chi connectivity index (χ2n) is 12.3. The summed E-state index contributed by atoms with van der Waals surface area (Å²) < 4.78 is 14.1. The van der Waals surface area contributed by atoms with Crippen molar-refractivity contribution < 1.29 is 38.6 Å². The van der Waals surface area contributed by atoms with Crippen molar-refractivity contribution in [2.45, 2.75) is 25.7 Å². The van der Waals surface area contributed by atoms with E-state index >= 15 is 0 Å². The minimum atomic E-state index is -1.46. The number of allylic oxidation sites excluding steroid dienone is 2. The van der Waals surface area contributed by atoms with Crippen LogP contribution in [0.3, 0.4) is 0 Å². The quantitative estimate of drug-likeness (QED) is 0.260. The minimum absolute atomic E-state index is 0.0410. The van der Waals surface area contributed by atoms with Crippen molar-refractivity contribution >= 4 is 64.2 Å². The van der Waals surface area contributed by atoms with Gasteiger partial charge in [0.05, 0.1) is 45.1 Å². The van der Waals surface area contributed by atoms with Crippen LogP contribution >= 0.6 is 23.2 Å². The molecule has 2 heterocycles. The van der Waals surface area contributed by atoms with Crippen LogP contribution in [0.2, 0.25) is 10.0 Å². The first-order valence-corrected chi connectivity index (χ1v) is 15.3. The number of carboxylic acids is 1. The lowest BCUT2D eigenvalue weighted by Gasteiger charge is -2.49. The van der Waals surface area contributed by atoms with Gasteiger partial charge in [0.15, 0.2) is 0 Å². The molecule has 3 aromatic rings. The highest BCUT2D eigenvalue weighted by Gasteiger charge is 2.68. The second kappa shape index (κ2) is 10.5. The zero-order chi connectivity index (χ0) is 32.8. The predicted octanol–water partition coefficient (Wildman–Crippen LogP) is 5.97. The number of carbonyl (C=O) groups excluding carboxylic acids is 4. The first-order chi connectivity index (χ1) is 21.8. The molecule has 3 aromatic carbocycles.